The van der Waals surface area contributed by atoms with E-state index in [0.29, 0.717) is 0 Å². The first kappa shape index (κ1) is 28.1. The Labute approximate surface area is 287 Å². The second-order valence-electron chi connectivity index (χ2n) is 13.2. The lowest BCUT2D eigenvalue weighted by molar-refractivity contribution is 0.591. The number of para-hydroxylation sites is 4. The maximum Gasteiger partial charge on any atom is 0.256 e. The average Bonchev–Trinajstić information content (AvgIpc) is 3.55. The van der Waals surface area contributed by atoms with E-state index in [1.54, 1.807) is 0 Å². The van der Waals surface area contributed by atoms with E-state index in [9.17, 15) is 0 Å². The highest BCUT2D eigenvalue weighted by atomic mass is 16.3. The van der Waals surface area contributed by atoms with Crippen molar-refractivity contribution in [2.45, 2.75) is 26.2 Å². The molecule has 6 aromatic carbocycles. The SMILES string of the molecule is CCc1ccc2c3c1NC1=C(B3c3ccc(N(c4ccccc4)c4ccccc4)cc3N2c2ccccc2)c2oc3ccccc3c2CC1. The van der Waals surface area contributed by atoms with Crippen molar-refractivity contribution in [1.29, 1.82) is 0 Å². The number of hydrogen-bond donors (Lipinski definition) is 1. The number of allylic oxidation sites excluding steroid dienone is 1. The van der Waals surface area contributed by atoms with Crippen molar-refractivity contribution in [3.05, 3.63) is 168 Å². The van der Waals surface area contributed by atoms with Crippen LogP contribution in [0.4, 0.5) is 39.8 Å². The Kier molecular flexibility index (Phi) is 6.35. The Hall–Kier alpha value is -5.94. The van der Waals surface area contributed by atoms with Gasteiger partial charge in [0.25, 0.3) is 6.71 Å². The molecule has 0 bridgehead atoms. The van der Waals surface area contributed by atoms with E-state index < -0.39 is 0 Å². The summed E-state index contributed by atoms with van der Waals surface area (Å²) in [6.07, 6.45) is 2.88. The summed E-state index contributed by atoms with van der Waals surface area (Å²) in [5.74, 6) is 1.04. The first-order chi connectivity index (χ1) is 24.3. The molecule has 0 amide bonds. The third kappa shape index (κ3) is 4.25. The van der Waals surface area contributed by atoms with E-state index in [1.807, 2.05) is 0 Å². The molecule has 10 rings (SSSR count). The lowest BCUT2D eigenvalue weighted by Gasteiger charge is -2.43. The largest absolute Gasteiger partial charge is 0.457 e. The third-order valence-electron chi connectivity index (χ3n) is 10.5. The quantitative estimate of drug-likeness (QED) is 0.192. The predicted octanol–water partition coefficient (Wildman–Crippen LogP) is 10.2. The van der Waals surface area contributed by atoms with E-state index in [1.165, 1.54) is 55.7 Å². The van der Waals surface area contributed by atoms with Crippen molar-refractivity contribution >= 4 is 73.9 Å². The van der Waals surface area contributed by atoms with Gasteiger partial charge in [0, 0.05) is 56.5 Å². The molecule has 1 N–H and O–H groups in total. The molecule has 5 heteroatoms. The second-order valence-corrected chi connectivity index (χ2v) is 13.2. The van der Waals surface area contributed by atoms with E-state index in [2.05, 4.69) is 168 Å². The van der Waals surface area contributed by atoms with Crippen molar-refractivity contribution in [3.8, 4) is 0 Å². The van der Waals surface area contributed by atoms with Gasteiger partial charge in [0.15, 0.2) is 0 Å². The number of rotatable bonds is 5. The molecule has 7 aromatic rings. The zero-order valence-electron chi connectivity index (χ0n) is 27.4. The number of hydrogen-bond acceptors (Lipinski definition) is 4. The molecule has 4 nitrogen and oxygen atoms in total. The summed E-state index contributed by atoms with van der Waals surface area (Å²) in [7, 11) is 0. The fraction of sp³-hybridized carbons (Fsp3) is 0.0909. The van der Waals surface area contributed by atoms with Crippen LogP contribution in [-0.2, 0) is 12.8 Å². The van der Waals surface area contributed by atoms with Crippen molar-refractivity contribution < 1.29 is 4.42 Å². The highest BCUT2D eigenvalue weighted by molar-refractivity contribution is 7.03. The van der Waals surface area contributed by atoms with Gasteiger partial charge in [-0.1, -0.05) is 91.9 Å². The summed E-state index contributed by atoms with van der Waals surface area (Å²) in [6.45, 7) is 2.29. The fourth-order valence-corrected chi connectivity index (χ4v) is 8.41. The van der Waals surface area contributed by atoms with Crippen LogP contribution >= 0.6 is 0 Å². The minimum Gasteiger partial charge on any atom is -0.457 e. The smallest absolute Gasteiger partial charge is 0.256 e. The Balaban J connectivity index is 1.26. The molecule has 0 saturated heterocycles. The highest BCUT2D eigenvalue weighted by Gasteiger charge is 2.46. The fourth-order valence-electron chi connectivity index (χ4n) is 8.41. The Bertz CT molecular complexity index is 2380. The summed E-state index contributed by atoms with van der Waals surface area (Å²) in [6, 6.07) is 52.4. The zero-order valence-corrected chi connectivity index (χ0v) is 27.4. The second kappa shape index (κ2) is 11.1. The summed E-state index contributed by atoms with van der Waals surface area (Å²) >= 11 is 0. The van der Waals surface area contributed by atoms with E-state index >= 15 is 0 Å². The van der Waals surface area contributed by atoms with Gasteiger partial charge in [0.05, 0.1) is 0 Å². The standard InChI is InChI=1S/C44H34BN3O/c1-2-29-22-27-38-42-43(29)46-37-26-24-35-34-20-12-13-21-40(34)49-44(35)41(37)45(42)36-25-23-33(28-39(36)48(38)32-18-10-5-11-19-32)47(30-14-6-3-7-15-30)31-16-8-4-9-17-31/h3-23,25,27-28,46H,2,24,26H2,1H3. The molecular formula is C44H34BN3O. The number of benzene rings is 6. The van der Waals surface area contributed by atoms with Crippen LogP contribution in [0.25, 0.3) is 16.4 Å². The number of nitrogens with one attached hydrogen (secondary N) is 1. The lowest BCUT2D eigenvalue weighted by Crippen LogP contribution is -2.55. The van der Waals surface area contributed by atoms with Gasteiger partial charge in [-0.05, 0) is 102 Å². The normalized spacial score (nSPS) is 14.1. The summed E-state index contributed by atoms with van der Waals surface area (Å²) in [5.41, 5.74) is 17.0. The molecule has 3 heterocycles. The molecule has 0 unspecified atom stereocenters. The molecule has 2 aliphatic heterocycles. The van der Waals surface area contributed by atoms with Crippen molar-refractivity contribution in [2.75, 3.05) is 15.1 Å². The number of aryl methyl sites for hydroxylation is 2. The van der Waals surface area contributed by atoms with Gasteiger partial charge in [-0.3, -0.25) is 0 Å². The minimum absolute atomic E-state index is 0.0262. The van der Waals surface area contributed by atoms with Gasteiger partial charge < -0.3 is 19.5 Å². The summed E-state index contributed by atoms with van der Waals surface area (Å²) < 4.78 is 6.81. The maximum atomic E-state index is 6.81. The molecule has 49 heavy (non-hydrogen) atoms. The van der Waals surface area contributed by atoms with E-state index in [-0.39, 0.29) is 6.71 Å². The third-order valence-corrected chi connectivity index (χ3v) is 10.5. The van der Waals surface area contributed by atoms with Gasteiger partial charge in [-0.25, -0.2) is 0 Å². The molecule has 0 fully saturated rings. The highest BCUT2D eigenvalue weighted by Crippen LogP contribution is 2.48. The van der Waals surface area contributed by atoms with Gasteiger partial charge in [-0.2, -0.15) is 0 Å². The maximum absolute atomic E-state index is 6.81. The van der Waals surface area contributed by atoms with Gasteiger partial charge in [-0.15, -0.1) is 0 Å². The molecule has 0 saturated carbocycles. The van der Waals surface area contributed by atoms with Crippen LogP contribution in [0, 0.1) is 0 Å². The molecule has 0 radical (unpaired) electrons. The number of fused-ring (bicyclic) bond motifs is 7. The van der Waals surface area contributed by atoms with Crippen molar-refractivity contribution in [3.63, 3.8) is 0 Å². The van der Waals surface area contributed by atoms with Crippen molar-refractivity contribution in [1.82, 2.24) is 0 Å². The molecule has 234 valence electrons. The Morgan fingerprint density at radius 1 is 0.694 bits per heavy atom. The molecule has 0 atom stereocenters. The number of furan rings is 1. The topological polar surface area (TPSA) is 31.6 Å². The molecule has 3 aliphatic rings. The van der Waals surface area contributed by atoms with Crippen LogP contribution in [-0.4, -0.2) is 6.71 Å². The average molecular weight is 632 g/mol. The van der Waals surface area contributed by atoms with E-state index in [0.717, 1.165) is 53.4 Å². The van der Waals surface area contributed by atoms with Gasteiger partial charge in [0.1, 0.15) is 11.3 Å². The van der Waals surface area contributed by atoms with Crippen LogP contribution < -0.4 is 26.0 Å². The summed E-state index contributed by atoms with van der Waals surface area (Å²) in [4.78, 5) is 4.83. The van der Waals surface area contributed by atoms with E-state index in [4.69, 9.17) is 4.42 Å². The van der Waals surface area contributed by atoms with Gasteiger partial charge >= 0.3 is 0 Å². The van der Waals surface area contributed by atoms with Crippen LogP contribution in [0.15, 0.2) is 156 Å². The first-order valence-electron chi connectivity index (χ1n) is 17.3. The molecule has 1 aromatic heterocycles. The summed E-state index contributed by atoms with van der Waals surface area (Å²) in [5, 5.41) is 5.24. The molecule has 0 spiro atoms. The molecule has 1 aliphatic carbocycles. The van der Waals surface area contributed by atoms with Crippen LogP contribution in [0.2, 0.25) is 0 Å². The number of anilines is 7. The zero-order chi connectivity index (χ0) is 32.5. The predicted molar refractivity (Wildman–Crippen MR) is 205 cm³/mol. The Morgan fingerprint density at radius 3 is 2.12 bits per heavy atom. The van der Waals surface area contributed by atoms with Crippen molar-refractivity contribution in [2.24, 2.45) is 0 Å². The van der Waals surface area contributed by atoms with Crippen LogP contribution in [0.1, 0.15) is 30.2 Å². The minimum atomic E-state index is 0.0262. The molecular weight excluding hydrogens is 597 g/mol. The number of nitrogens with zero attached hydrogens (tertiary/aromatic N) is 2. The monoisotopic (exact) mass is 631 g/mol. The van der Waals surface area contributed by atoms with Crippen LogP contribution in [0.5, 0.6) is 0 Å². The van der Waals surface area contributed by atoms with Gasteiger partial charge in [0.2, 0.25) is 0 Å². The first-order valence-corrected chi connectivity index (χ1v) is 17.3. The van der Waals surface area contributed by atoms with Crippen LogP contribution in [0.3, 0.4) is 0 Å². The Morgan fingerprint density at radius 2 is 1.39 bits per heavy atom. The lowest BCUT2D eigenvalue weighted by atomic mass is 9.32.